The van der Waals surface area contributed by atoms with Crippen LogP contribution < -0.4 is 4.74 Å². The van der Waals surface area contributed by atoms with E-state index in [2.05, 4.69) is 0 Å². The standard InChI is InChI=1S/C17H10Cl5NO3S2/c1-2-23-16(24)9(28-17(23)27)5-7-3-4-8(26-7)6-25-15-13(21)11(19)10(18)12(20)14(15)22/h3-5H,2,6H2,1H3/b9-5-. The number of nitrogens with zero attached hydrogens (tertiary/aromatic N) is 1. The Balaban J connectivity index is 1.76. The summed E-state index contributed by atoms with van der Waals surface area (Å²) in [6, 6.07) is 3.41. The number of hydrogen-bond donors (Lipinski definition) is 0. The maximum absolute atomic E-state index is 12.3. The van der Waals surface area contributed by atoms with Crippen LogP contribution in [0, 0.1) is 0 Å². The Hall–Kier alpha value is -0.600. The number of thioether (sulfide) groups is 1. The van der Waals surface area contributed by atoms with Crippen molar-refractivity contribution in [2.24, 2.45) is 0 Å². The molecule has 1 aliphatic rings. The Morgan fingerprint density at radius 3 is 2.29 bits per heavy atom. The van der Waals surface area contributed by atoms with E-state index in [9.17, 15) is 4.79 Å². The molecule has 2 heterocycles. The first-order valence-electron chi connectivity index (χ1n) is 7.72. The first kappa shape index (κ1) is 22.1. The lowest BCUT2D eigenvalue weighted by atomic mass is 10.3. The third kappa shape index (κ3) is 4.29. The van der Waals surface area contributed by atoms with Gasteiger partial charge >= 0.3 is 0 Å². The van der Waals surface area contributed by atoms with Gasteiger partial charge in [0.25, 0.3) is 5.91 Å². The lowest BCUT2D eigenvalue weighted by molar-refractivity contribution is -0.121. The number of ether oxygens (including phenoxy) is 1. The maximum atomic E-state index is 12.3. The number of hydrogen-bond acceptors (Lipinski definition) is 5. The van der Waals surface area contributed by atoms with E-state index in [0.717, 1.165) is 0 Å². The van der Waals surface area contributed by atoms with E-state index < -0.39 is 0 Å². The molecule has 1 aromatic heterocycles. The molecule has 1 aliphatic heterocycles. The highest BCUT2D eigenvalue weighted by Gasteiger charge is 2.31. The fraction of sp³-hybridized carbons (Fsp3) is 0.176. The van der Waals surface area contributed by atoms with Gasteiger partial charge in [0.15, 0.2) is 5.75 Å². The van der Waals surface area contributed by atoms with Crippen LogP contribution in [0.4, 0.5) is 0 Å². The van der Waals surface area contributed by atoms with Crippen molar-refractivity contribution in [3.8, 4) is 5.75 Å². The molecule has 1 fully saturated rings. The number of carbonyl (C=O) groups excluding carboxylic acids is 1. The summed E-state index contributed by atoms with van der Waals surface area (Å²) < 4.78 is 11.8. The van der Waals surface area contributed by atoms with E-state index in [1.807, 2.05) is 6.92 Å². The Labute approximate surface area is 195 Å². The molecule has 0 unspecified atom stereocenters. The fourth-order valence-electron chi connectivity index (χ4n) is 2.31. The van der Waals surface area contributed by atoms with Gasteiger partial charge in [0.1, 0.15) is 32.5 Å². The van der Waals surface area contributed by atoms with Crippen LogP contribution in [0.15, 0.2) is 21.5 Å². The Morgan fingerprint density at radius 2 is 1.71 bits per heavy atom. The molecular weight excluding hydrogens is 508 g/mol. The second-order valence-electron chi connectivity index (χ2n) is 5.42. The van der Waals surface area contributed by atoms with Crippen molar-refractivity contribution in [1.29, 1.82) is 0 Å². The number of halogens is 5. The van der Waals surface area contributed by atoms with Crippen LogP contribution in [0.25, 0.3) is 6.08 Å². The molecule has 11 heteroatoms. The van der Waals surface area contributed by atoms with E-state index in [1.165, 1.54) is 16.7 Å². The zero-order valence-electron chi connectivity index (χ0n) is 14.0. The molecule has 28 heavy (non-hydrogen) atoms. The third-order valence-electron chi connectivity index (χ3n) is 3.67. The van der Waals surface area contributed by atoms with Crippen LogP contribution in [0.3, 0.4) is 0 Å². The van der Waals surface area contributed by atoms with Crippen molar-refractivity contribution in [2.75, 3.05) is 6.54 Å². The zero-order valence-corrected chi connectivity index (χ0v) is 19.4. The molecular formula is C17H10Cl5NO3S2. The van der Waals surface area contributed by atoms with Gasteiger partial charge in [-0.25, -0.2) is 0 Å². The van der Waals surface area contributed by atoms with Crippen LogP contribution in [0.2, 0.25) is 25.1 Å². The van der Waals surface area contributed by atoms with Gasteiger partial charge in [-0.1, -0.05) is 82.0 Å². The minimum Gasteiger partial charge on any atom is -0.482 e. The summed E-state index contributed by atoms with van der Waals surface area (Å²) in [7, 11) is 0. The Kier molecular flexibility index (Phi) is 7.14. The number of carbonyl (C=O) groups is 1. The quantitative estimate of drug-likeness (QED) is 0.180. The molecule has 3 rings (SSSR count). The molecule has 0 bridgehead atoms. The topological polar surface area (TPSA) is 42.7 Å². The van der Waals surface area contributed by atoms with Crippen LogP contribution in [0.1, 0.15) is 18.4 Å². The normalized spacial score (nSPS) is 15.8. The molecule has 0 aliphatic carbocycles. The van der Waals surface area contributed by atoms with Gasteiger partial charge in [0, 0.05) is 12.6 Å². The van der Waals surface area contributed by atoms with Crippen molar-refractivity contribution in [3.63, 3.8) is 0 Å². The summed E-state index contributed by atoms with van der Waals surface area (Å²) in [5.74, 6) is 0.923. The van der Waals surface area contributed by atoms with Crippen molar-refractivity contribution < 1.29 is 13.9 Å². The second kappa shape index (κ2) is 9.04. The number of furan rings is 1. The first-order chi connectivity index (χ1) is 13.2. The van der Waals surface area contributed by atoms with Crippen LogP contribution >= 0.6 is 82.0 Å². The highest BCUT2D eigenvalue weighted by atomic mass is 35.5. The van der Waals surface area contributed by atoms with Gasteiger partial charge in [-0.2, -0.15) is 0 Å². The lowest BCUT2D eigenvalue weighted by Crippen LogP contribution is -2.27. The van der Waals surface area contributed by atoms with Crippen LogP contribution in [0.5, 0.6) is 5.75 Å². The predicted octanol–water partition coefficient (Wildman–Crippen LogP) is 7.35. The predicted molar refractivity (Wildman–Crippen MR) is 120 cm³/mol. The minimum atomic E-state index is -0.143. The first-order valence-corrected chi connectivity index (χ1v) is 10.8. The molecule has 0 spiro atoms. The highest BCUT2D eigenvalue weighted by Crippen LogP contribution is 2.48. The van der Waals surface area contributed by atoms with Crippen LogP contribution in [-0.4, -0.2) is 21.7 Å². The summed E-state index contributed by atoms with van der Waals surface area (Å²) in [5, 5.41) is 0.249. The summed E-state index contributed by atoms with van der Waals surface area (Å²) in [6.45, 7) is 2.39. The summed E-state index contributed by atoms with van der Waals surface area (Å²) >= 11 is 36.7. The molecule has 4 nitrogen and oxygen atoms in total. The maximum Gasteiger partial charge on any atom is 0.266 e. The molecule has 1 amide bonds. The number of rotatable bonds is 5. The number of likely N-dealkylation sites (N-methyl/N-ethyl adjacent to an activating group) is 1. The average molecular weight is 518 g/mol. The molecule has 0 saturated carbocycles. The molecule has 148 valence electrons. The number of amides is 1. The smallest absolute Gasteiger partial charge is 0.266 e. The van der Waals surface area contributed by atoms with Crippen molar-refractivity contribution in [1.82, 2.24) is 4.90 Å². The summed E-state index contributed by atoms with van der Waals surface area (Å²) in [6.07, 6.45) is 1.63. The third-order valence-corrected chi connectivity index (χ3v) is 7.29. The van der Waals surface area contributed by atoms with Crippen molar-refractivity contribution in [2.45, 2.75) is 13.5 Å². The van der Waals surface area contributed by atoms with Gasteiger partial charge in [-0.15, -0.1) is 0 Å². The van der Waals surface area contributed by atoms with Gasteiger partial charge in [-0.05, 0) is 19.1 Å². The highest BCUT2D eigenvalue weighted by molar-refractivity contribution is 8.26. The Bertz CT molecular complexity index is 976. The van der Waals surface area contributed by atoms with E-state index in [-0.39, 0.29) is 43.4 Å². The van der Waals surface area contributed by atoms with Crippen molar-refractivity contribution >= 4 is 98.3 Å². The van der Waals surface area contributed by atoms with E-state index in [4.69, 9.17) is 79.4 Å². The molecule has 0 radical (unpaired) electrons. The van der Waals surface area contributed by atoms with Crippen LogP contribution in [-0.2, 0) is 11.4 Å². The van der Waals surface area contributed by atoms with Gasteiger partial charge in [-0.3, -0.25) is 9.69 Å². The summed E-state index contributed by atoms with van der Waals surface area (Å²) in [5.41, 5.74) is 0. The number of benzene rings is 1. The average Bonchev–Trinajstić information content (AvgIpc) is 3.22. The molecule has 2 aromatic rings. The molecule has 1 saturated heterocycles. The monoisotopic (exact) mass is 515 g/mol. The van der Waals surface area contributed by atoms with Gasteiger partial charge < -0.3 is 9.15 Å². The molecule has 0 N–H and O–H groups in total. The van der Waals surface area contributed by atoms with Gasteiger partial charge in [0.05, 0.1) is 20.0 Å². The molecule has 1 aromatic carbocycles. The largest absolute Gasteiger partial charge is 0.482 e. The zero-order chi connectivity index (χ0) is 20.6. The van der Waals surface area contributed by atoms with E-state index >= 15 is 0 Å². The SMILES string of the molecule is CCN1C(=O)/C(=C/c2ccc(COc3c(Cl)c(Cl)c(Cl)c(Cl)c3Cl)o2)SC1=S. The summed E-state index contributed by atoms with van der Waals surface area (Å²) in [4.78, 5) is 14.3. The van der Waals surface area contributed by atoms with E-state index in [1.54, 1.807) is 18.2 Å². The molecule has 0 atom stereocenters. The van der Waals surface area contributed by atoms with E-state index in [0.29, 0.717) is 27.3 Å². The second-order valence-corrected chi connectivity index (χ2v) is 8.98. The Morgan fingerprint density at radius 1 is 1.11 bits per heavy atom. The van der Waals surface area contributed by atoms with Gasteiger partial charge in [0.2, 0.25) is 0 Å². The number of thiocarbonyl (C=S) groups is 1. The van der Waals surface area contributed by atoms with Crippen molar-refractivity contribution in [3.05, 3.63) is 53.7 Å². The lowest BCUT2D eigenvalue weighted by Gasteiger charge is -2.12. The minimum absolute atomic E-state index is 0.0114. The fourth-order valence-corrected chi connectivity index (χ4v) is 4.90.